The van der Waals surface area contributed by atoms with Gasteiger partial charge in [-0.25, -0.2) is 0 Å². The Morgan fingerprint density at radius 1 is 1.20 bits per heavy atom. The van der Waals surface area contributed by atoms with E-state index in [0.29, 0.717) is 13.0 Å². The summed E-state index contributed by atoms with van der Waals surface area (Å²) in [4.78, 5) is 26.4. The Balaban J connectivity index is 2.13. The third-order valence-corrected chi connectivity index (χ3v) is 3.04. The number of nitrogens with zero attached hydrogens (tertiary/aromatic N) is 1. The van der Waals surface area contributed by atoms with Crippen molar-refractivity contribution in [2.75, 3.05) is 6.54 Å². The molecule has 0 aliphatic carbocycles. The minimum Gasteiger partial charge on any atom is -0.356 e. The summed E-state index contributed by atoms with van der Waals surface area (Å²) in [5, 5.41) is 5.71. The van der Waals surface area contributed by atoms with E-state index in [0.717, 1.165) is 24.8 Å². The minimum absolute atomic E-state index is 0.00452. The maximum Gasteiger partial charge on any atom is 0.220 e. The summed E-state index contributed by atoms with van der Waals surface area (Å²) >= 11 is 0. The molecule has 1 atom stereocenters. The highest BCUT2D eigenvalue weighted by Gasteiger charge is 2.08. The van der Waals surface area contributed by atoms with E-state index in [9.17, 15) is 9.59 Å². The highest BCUT2D eigenvalue weighted by atomic mass is 16.2. The first kappa shape index (κ1) is 16.1. The van der Waals surface area contributed by atoms with Crippen molar-refractivity contribution in [1.82, 2.24) is 15.6 Å². The van der Waals surface area contributed by atoms with Crippen LogP contribution in [-0.2, 0) is 9.59 Å². The molecule has 1 aromatic rings. The third-order valence-electron chi connectivity index (χ3n) is 3.04. The number of carbonyl (C=O) groups is 2. The first-order valence-corrected chi connectivity index (χ1v) is 7.03. The van der Waals surface area contributed by atoms with E-state index in [1.165, 1.54) is 6.92 Å². The monoisotopic (exact) mass is 277 g/mol. The van der Waals surface area contributed by atoms with Crippen molar-refractivity contribution in [2.24, 2.45) is 0 Å². The van der Waals surface area contributed by atoms with Gasteiger partial charge in [-0.2, -0.15) is 0 Å². The maximum atomic E-state index is 11.8. The topological polar surface area (TPSA) is 71.1 Å². The highest BCUT2D eigenvalue weighted by Crippen LogP contribution is 2.10. The summed E-state index contributed by atoms with van der Waals surface area (Å²) in [6, 6.07) is 3.81. The molecule has 1 rings (SSSR count). The molecular formula is C15H23N3O2. The summed E-state index contributed by atoms with van der Waals surface area (Å²) in [5.41, 5.74) is 1.05. The molecule has 5 heteroatoms. The van der Waals surface area contributed by atoms with Gasteiger partial charge in [-0.3, -0.25) is 14.6 Å². The fourth-order valence-corrected chi connectivity index (χ4v) is 1.90. The fraction of sp³-hybridized carbons (Fsp3) is 0.533. The molecule has 0 saturated heterocycles. The van der Waals surface area contributed by atoms with Crippen molar-refractivity contribution < 1.29 is 9.59 Å². The molecule has 0 aromatic carbocycles. The predicted octanol–water partition coefficient (Wildman–Crippen LogP) is 1.96. The van der Waals surface area contributed by atoms with Crippen LogP contribution >= 0.6 is 0 Å². The Labute approximate surface area is 120 Å². The van der Waals surface area contributed by atoms with Crippen LogP contribution in [-0.4, -0.2) is 23.3 Å². The molecule has 0 aliphatic heterocycles. The Kier molecular flexibility index (Phi) is 7.32. The van der Waals surface area contributed by atoms with Crippen molar-refractivity contribution >= 4 is 11.8 Å². The second-order valence-corrected chi connectivity index (χ2v) is 4.86. The van der Waals surface area contributed by atoms with Crippen LogP contribution in [0, 0.1) is 0 Å². The van der Waals surface area contributed by atoms with Crippen molar-refractivity contribution in [3.05, 3.63) is 30.1 Å². The van der Waals surface area contributed by atoms with Gasteiger partial charge < -0.3 is 10.6 Å². The van der Waals surface area contributed by atoms with Crippen LogP contribution in [0.2, 0.25) is 0 Å². The van der Waals surface area contributed by atoms with Crippen LogP contribution in [0.4, 0.5) is 0 Å². The standard InChI is InChI=1S/C15H23N3O2/c1-12(14-7-10-16-11-8-14)18-15(20)6-4-3-5-9-17-13(2)19/h7-8,10-12H,3-6,9H2,1-2H3,(H,17,19)(H,18,20). The van der Waals surface area contributed by atoms with Crippen molar-refractivity contribution in [3.8, 4) is 0 Å². The zero-order valence-corrected chi connectivity index (χ0v) is 12.2. The van der Waals surface area contributed by atoms with E-state index in [2.05, 4.69) is 15.6 Å². The second-order valence-electron chi connectivity index (χ2n) is 4.86. The number of aromatic nitrogens is 1. The Bertz CT molecular complexity index is 420. The molecule has 1 heterocycles. The molecule has 2 N–H and O–H groups in total. The minimum atomic E-state index is -0.00563. The zero-order chi connectivity index (χ0) is 14.8. The molecule has 20 heavy (non-hydrogen) atoms. The molecule has 1 aromatic heterocycles. The van der Waals surface area contributed by atoms with Gasteiger partial charge in [0.1, 0.15) is 0 Å². The Morgan fingerprint density at radius 2 is 1.90 bits per heavy atom. The predicted molar refractivity (Wildman–Crippen MR) is 77.9 cm³/mol. The number of hydrogen-bond acceptors (Lipinski definition) is 3. The molecule has 0 spiro atoms. The van der Waals surface area contributed by atoms with Gasteiger partial charge in [-0.1, -0.05) is 6.42 Å². The molecule has 2 amide bonds. The van der Waals surface area contributed by atoms with Gasteiger partial charge in [-0.05, 0) is 37.5 Å². The quantitative estimate of drug-likeness (QED) is 0.713. The van der Waals surface area contributed by atoms with Gasteiger partial charge in [0.2, 0.25) is 11.8 Å². The van der Waals surface area contributed by atoms with Crippen molar-refractivity contribution in [3.63, 3.8) is 0 Å². The summed E-state index contributed by atoms with van der Waals surface area (Å²) in [5.74, 6) is 0.0581. The average Bonchev–Trinajstić information content (AvgIpc) is 2.43. The van der Waals surface area contributed by atoms with E-state index < -0.39 is 0 Å². The van der Waals surface area contributed by atoms with Gasteiger partial charge in [-0.15, -0.1) is 0 Å². The normalized spacial score (nSPS) is 11.7. The maximum absolute atomic E-state index is 11.8. The first-order valence-electron chi connectivity index (χ1n) is 7.03. The smallest absolute Gasteiger partial charge is 0.220 e. The Hall–Kier alpha value is -1.91. The lowest BCUT2D eigenvalue weighted by atomic mass is 10.1. The molecule has 0 fully saturated rings. The number of amides is 2. The number of carbonyl (C=O) groups excluding carboxylic acids is 2. The summed E-state index contributed by atoms with van der Waals surface area (Å²) in [7, 11) is 0. The van der Waals surface area contributed by atoms with Gasteiger partial charge in [0, 0.05) is 32.3 Å². The molecular weight excluding hydrogens is 254 g/mol. The highest BCUT2D eigenvalue weighted by molar-refractivity contribution is 5.76. The van der Waals surface area contributed by atoms with Gasteiger partial charge in [0.25, 0.3) is 0 Å². The average molecular weight is 277 g/mol. The molecule has 110 valence electrons. The van der Waals surface area contributed by atoms with E-state index in [1.807, 2.05) is 19.1 Å². The number of nitrogens with one attached hydrogen (secondary N) is 2. The van der Waals surface area contributed by atoms with E-state index in [-0.39, 0.29) is 17.9 Å². The molecule has 0 bridgehead atoms. The number of unbranched alkanes of at least 4 members (excludes halogenated alkanes) is 2. The number of rotatable bonds is 8. The van der Waals surface area contributed by atoms with Gasteiger partial charge >= 0.3 is 0 Å². The molecule has 0 saturated carbocycles. The van der Waals surface area contributed by atoms with Gasteiger partial charge in [0.05, 0.1) is 6.04 Å². The number of hydrogen-bond donors (Lipinski definition) is 2. The van der Waals surface area contributed by atoms with E-state index in [1.54, 1.807) is 12.4 Å². The largest absolute Gasteiger partial charge is 0.356 e. The zero-order valence-electron chi connectivity index (χ0n) is 12.2. The molecule has 0 radical (unpaired) electrons. The van der Waals surface area contributed by atoms with Crippen LogP contribution in [0.3, 0.4) is 0 Å². The molecule has 1 unspecified atom stereocenters. The van der Waals surface area contributed by atoms with Crippen LogP contribution in [0.25, 0.3) is 0 Å². The van der Waals surface area contributed by atoms with E-state index in [4.69, 9.17) is 0 Å². The lowest BCUT2D eigenvalue weighted by Crippen LogP contribution is -2.26. The van der Waals surface area contributed by atoms with Crippen LogP contribution in [0.1, 0.15) is 51.1 Å². The van der Waals surface area contributed by atoms with Crippen molar-refractivity contribution in [2.45, 2.75) is 45.6 Å². The third kappa shape index (κ3) is 6.87. The second kappa shape index (κ2) is 9.07. The molecule has 5 nitrogen and oxygen atoms in total. The van der Waals surface area contributed by atoms with Crippen LogP contribution in [0.15, 0.2) is 24.5 Å². The van der Waals surface area contributed by atoms with Crippen molar-refractivity contribution in [1.29, 1.82) is 0 Å². The van der Waals surface area contributed by atoms with Gasteiger partial charge in [0.15, 0.2) is 0 Å². The molecule has 0 aliphatic rings. The van der Waals surface area contributed by atoms with Crippen LogP contribution < -0.4 is 10.6 Å². The lowest BCUT2D eigenvalue weighted by Gasteiger charge is -2.13. The fourth-order valence-electron chi connectivity index (χ4n) is 1.90. The summed E-state index contributed by atoms with van der Waals surface area (Å²) in [6.07, 6.45) is 6.66. The SMILES string of the molecule is CC(=O)NCCCCCC(=O)NC(C)c1ccncc1. The number of pyridine rings is 1. The lowest BCUT2D eigenvalue weighted by molar-refractivity contribution is -0.122. The Morgan fingerprint density at radius 3 is 2.55 bits per heavy atom. The first-order chi connectivity index (χ1) is 9.59. The summed E-state index contributed by atoms with van der Waals surface area (Å²) in [6.45, 7) is 4.16. The van der Waals surface area contributed by atoms with Crippen LogP contribution in [0.5, 0.6) is 0 Å². The van der Waals surface area contributed by atoms with E-state index >= 15 is 0 Å². The summed E-state index contributed by atoms with van der Waals surface area (Å²) < 4.78 is 0.